The van der Waals surface area contributed by atoms with E-state index in [0.717, 1.165) is 18.8 Å². The number of hydrogen-bond donors (Lipinski definition) is 1. The van der Waals surface area contributed by atoms with Gasteiger partial charge in [0.05, 0.1) is 0 Å². The molecule has 0 heterocycles. The van der Waals surface area contributed by atoms with Crippen LogP contribution in [-0.2, 0) is 11.8 Å². The molecule has 0 saturated heterocycles. The van der Waals surface area contributed by atoms with E-state index in [0.29, 0.717) is 6.04 Å². The number of rotatable bonds is 4. The van der Waals surface area contributed by atoms with Crippen molar-refractivity contribution in [2.24, 2.45) is 11.7 Å². The maximum atomic E-state index is 6.33. The van der Waals surface area contributed by atoms with Gasteiger partial charge >= 0.3 is 0 Å². The van der Waals surface area contributed by atoms with Gasteiger partial charge in [-0.2, -0.15) is 0 Å². The highest BCUT2D eigenvalue weighted by Crippen LogP contribution is 2.28. The Morgan fingerprint density at radius 1 is 1.11 bits per heavy atom. The van der Waals surface area contributed by atoms with E-state index in [-0.39, 0.29) is 5.41 Å². The lowest BCUT2D eigenvalue weighted by Gasteiger charge is -2.20. The standard InChI is InChI=1S/C18H29N/c1-18(2,3)16-11-8-14(9-12-16)10-13-17(19)15-6-4-5-7-15/h8-9,11-12,15,17H,4-7,10,13,19H2,1-3H3. The van der Waals surface area contributed by atoms with E-state index < -0.39 is 0 Å². The van der Waals surface area contributed by atoms with Gasteiger partial charge in [-0.1, -0.05) is 57.9 Å². The molecule has 2 N–H and O–H groups in total. The Kier molecular flexibility index (Phi) is 4.67. The van der Waals surface area contributed by atoms with Crippen LogP contribution >= 0.6 is 0 Å². The molecule has 1 saturated carbocycles. The van der Waals surface area contributed by atoms with Crippen molar-refractivity contribution in [2.45, 2.75) is 70.8 Å². The summed E-state index contributed by atoms with van der Waals surface area (Å²) in [6.45, 7) is 6.79. The summed E-state index contributed by atoms with van der Waals surface area (Å²) in [4.78, 5) is 0. The van der Waals surface area contributed by atoms with Gasteiger partial charge in [0.25, 0.3) is 0 Å². The summed E-state index contributed by atoms with van der Waals surface area (Å²) in [7, 11) is 0. The predicted octanol–water partition coefficient (Wildman–Crippen LogP) is 4.43. The van der Waals surface area contributed by atoms with Crippen molar-refractivity contribution in [3.8, 4) is 0 Å². The van der Waals surface area contributed by atoms with Gasteiger partial charge in [0.15, 0.2) is 0 Å². The molecular formula is C18H29N. The average molecular weight is 259 g/mol. The molecule has 1 aromatic carbocycles. The summed E-state index contributed by atoms with van der Waals surface area (Å²) in [6, 6.07) is 9.52. The molecule has 0 radical (unpaired) electrons. The second-order valence-electron chi connectivity index (χ2n) is 7.19. The predicted molar refractivity (Wildman–Crippen MR) is 83.4 cm³/mol. The first kappa shape index (κ1) is 14.6. The normalized spacial score (nSPS) is 18.7. The summed E-state index contributed by atoms with van der Waals surface area (Å²) in [5.41, 5.74) is 9.42. The Morgan fingerprint density at radius 2 is 1.68 bits per heavy atom. The maximum Gasteiger partial charge on any atom is 0.00703 e. The summed E-state index contributed by atoms with van der Waals surface area (Å²) < 4.78 is 0. The van der Waals surface area contributed by atoms with Crippen molar-refractivity contribution >= 4 is 0 Å². The second kappa shape index (κ2) is 6.09. The van der Waals surface area contributed by atoms with Crippen molar-refractivity contribution < 1.29 is 0 Å². The molecule has 1 aliphatic carbocycles. The van der Waals surface area contributed by atoms with Crippen molar-refractivity contribution in [3.63, 3.8) is 0 Å². The van der Waals surface area contributed by atoms with Gasteiger partial charge in [0.1, 0.15) is 0 Å². The molecule has 1 nitrogen and oxygen atoms in total. The topological polar surface area (TPSA) is 26.0 Å². The molecular weight excluding hydrogens is 230 g/mol. The molecule has 1 aliphatic rings. The smallest absolute Gasteiger partial charge is 0.00703 e. The molecule has 0 spiro atoms. The summed E-state index contributed by atoms with van der Waals surface area (Å²) >= 11 is 0. The molecule has 1 aromatic rings. The zero-order valence-corrected chi connectivity index (χ0v) is 12.8. The van der Waals surface area contributed by atoms with Gasteiger partial charge in [0, 0.05) is 6.04 Å². The highest BCUT2D eigenvalue weighted by atomic mass is 14.6. The minimum absolute atomic E-state index is 0.249. The summed E-state index contributed by atoms with van der Waals surface area (Å²) in [5.74, 6) is 0.786. The van der Waals surface area contributed by atoms with Crippen LogP contribution in [0.5, 0.6) is 0 Å². The highest BCUT2D eigenvalue weighted by Gasteiger charge is 2.21. The van der Waals surface area contributed by atoms with Gasteiger partial charge in [-0.15, -0.1) is 0 Å². The lowest BCUT2D eigenvalue weighted by molar-refractivity contribution is 0.410. The van der Waals surface area contributed by atoms with Gasteiger partial charge in [-0.3, -0.25) is 0 Å². The van der Waals surface area contributed by atoms with Gasteiger partial charge in [-0.05, 0) is 48.1 Å². The van der Waals surface area contributed by atoms with Gasteiger partial charge in [0.2, 0.25) is 0 Å². The lowest BCUT2D eigenvalue weighted by Crippen LogP contribution is -2.28. The monoisotopic (exact) mass is 259 g/mol. The van der Waals surface area contributed by atoms with Crippen LogP contribution in [0.25, 0.3) is 0 Å². The van der Waals surface area contributed by atoms with E-state index in [1.165, 1.54) is 36.8 Å². The quantitative estimate of drug-likeness (QED) is 0.850. The fourth-order valence-corrected chi connectivity index (χ4v) is 3.13. The van der Waals surface area contributed by atoms with Crippen molar-refractivity contribution in [1.29, 1.82) is 0 Å². The van der Waals surface area contributed by atoms with Crippen LogP contribution in [0.3, 0.4) is 0 Å². The minimum atomic E-state index is 0.249. The van der Waals surface area contributed by atoms with E-state index >= 15 is 0 Å². The van der Waals surface area contributed by atoms with Crippen LogP contribution in [0.4, 0.5) is 0 Å². The molecule has 0 bridgehead atoms. The van der Waals surface area contributed by atoms with Crippen LogP contribution in [-0.4, -0.2) is 6.04 Å². The van der Waals surface area contributed by atoms with Gasteiger partial charge in [-0.25, -0.2) is 0 Å². The summed E-state index contributed by atoms with van der Waals surface area (Å²) in [6.07, 6.45) is 7.74. The Balaban J connectivity index is 1.86. The lowest BCUT2D eigenvalue weighted by atomic mass is 9.86. The maximum absolute atomic E-state index is 6.33. The molecule has 0 aliphatic heterocycles. The number of hydrogen-bond acceptors (Lipinski definition) is 1. The molecule has 2 rings (SSSR count). The van der Waals surface area contributed by atoms with E-state index in [9.17, 15) is 0 Å². The van der Waals surface area contributed by atoms with Crippen LogP contribution in [0.2, 0.25) is 0 Å². The van der Waals surface area contributed by atoms with E-state index in [1.807, 2.05) is 0 Å². The van der Waals surface area contributed by atoms with E-state index in [1.54, 1.807) is 0 Å². The SMILES string of the molecule is CC(C)(C)c1ccc(CCC(N)C2CCCC2)cc1. The number of benzene rings is 1. The van der Waals surface area contributed by atoms with Crippen molar-refractivity contribution in [1.82, 2.24) is 0 Å². The molecule has 106 valence electrons. The average Bonchev–Trinajstić information content (AvgIpc) is 2.89. The van der Waals surface area contributed by atoms with Crippen LogP contribution in [0, 0.1) is 5.92 Å². The summed E-state index contributed by atoms with van der Waals surface area (Å²) in [5, 5.41) is 0. The zero-order valence-electron chi connectivity index (χ0n) is 12.8. The molecule has 0 aromatic heterocycles. The largest absolute Gasteiger partial charge is 0.327 e. The molecule has 1 fully saturated rings. The fourth-order valence-electron chi connectivity index (χ4n) is 3.13. The van der Waals surface area contributed by atoms with Gasteiger partial charge < -0.3 is 5.73 Å². The first-order valence-corrected chi connectivity index (χ1v) is 7.82. The molecule has 1 heteroatoms. The van der Waals surface area contributed by atoms with Crippen LogP contribution < -0.4 is 5.73 Å². The minimum Gasteiger partial charge on any atom is -0.327 e. The van der Waals surface area contributed by atoms with Crippen LogP contribution in [0.1, 0.15) is 64.0 Å². The molecule has 0 amide bonds. The first-order valence-electron chi connectivity index (χ1n) is 7.82. The van der Waals surface area contributed by atoms with Crippen LogP contribution in [0.15, 0.2) is 24.3 Å². The molecule has 19 heavy (non-hydrogen) atoms. The van der Waals surface area contributed by atoms with E-state index in [2.05, 4.69) is 45.0 Å². The van der Waals surface area contributed by atoms with Crippen molar-refractivity contribution in [2.75, 3.05) is 0 Å². The van der Waals surface area contributed by atoms with E-state index in [4.69, 9.17) is 5.73 Å². The Hall–Kier alpha value is -0.820. The fraction of sp³-hybridized carbons (Fsp3) is 0.667. The Morgan fingerprint density at radius 3 is 2.21 bits per heavy atom. The second-order valence-corrected chi connectivity index (χ2v) is 7.19. The third kappa shape index (κ3) is 4.07. The number of aryl methyl sites for hydroxylation is 1. The Labute approximate surface area is 118 Å². The van der Waals surface area contributed by atoms with Crippen molar-refractivity contribution in [3.05, 3.63) is 35.4 Å². The third-order valence-corrected chi connectivity index (χ3v) is 4.59. The zero-order chi connectivity index (χ0) is 13.9. The third-order valence-electron chi connectivity index (χ3n) is 4.59. The first-order chi connectivity index (χ1) is 8.97. The highest BCUT2D eigenvalue weighted by molar-refractivity contribution is 5.27. The molecule has 1 unspecified atom stereocenters. The molecule has 1 atom stereocenters. The number of nitrogens with two attached hydrogens (primary N) is 1. The Bertz CT molecular complexity index is 379.